The number of hydrogen-bond acceptors (Lipinski definition) is 4. The molecule has 1 amide bonds. The highest BCUT2D eigenvalue weighted by Gasteiger charge is 2.17. The van der Waals surface area contributed by atoms with Gasteiger partial charge in [0, 0.05) is 25.9 Å². The van der Waals surface area contributed by atoms with E-state index in [1.165, 1.54) is 0 Å². The number of para-hydroxylation sites is 2. The predicted molar refractivity (Wildman–Crippen MR) is 78.1 cm³/mol. The average Bonchev–Trinajstić information content (AvgIpc) is 2.53. The van der Waals surface area contributed by atoms with Crippen LogP contribution in [0.2, 0.25) is 0 Å². The summed E-state index contributed by atoms with van der Waals surface area (Å²) in [5.41, 5.74) is 1.65. The van der Waals surface area contributed by atoms with Crippen molar-refractivity contribution in [2.45, 2.75) is 12.8 Å². The summed E-state index contributed by atoms with van der Waals surface area (Å²) in [5.74, 6) is 0.0488. The molecule has 1 saturated heterocycles. The highest BCUT2D eigenvalue weighted by molar-refractivity contribution is 5.77. The molecule has 1 aliphatic rings. The van der Waals surface area contributed by atoms with E-state index in [0.717, 1.165) is 5.52 Å². The first-order valence-corrected chi connectivity index (χ1v) is 7.07. The zero-order chi connectivity index (χ0) is 14.7. The van der Waals surface area contributed by atoms with Gasteiger partial charge in [0.05, 0.1) is 24.2 Å². The summed E-state index contributed by atoms with van der Waals surface area (Å²) < 4.78 is 5.22. The van der Waals surface area contributed by atoms with E-state index in [2.05, 4.69) is 9.97 Å². The summed E-state index contributed by atoms with van der Waals surface area (Å²) >= 11 is 0. The van der Waals surface area contributed by atoms with Crippen molar-refractivity contribution in [3.8, 4) is 0 Å². The Morgan fingerprint density at radius 2 is 2.05 bits per heavy atom. The normalized spacial score (nSPS) is 15.3. The number of ether oxygens (including phenoxy) is 1. The first-order valence-electron chi connectivity index (χ1n) is 7.07. The van der Waals surface area contributed by atoms with Gasteiger partial charge < -0.3 is 14.6 Å². The Bertz CT molecular complexity index is 705. The Morgan fingerprint density at radius 3 is 2.86 bits per heavy atom. The largest absolute Gasteiger partial charge is 0.378 e. The van der Waals surface area contributed by atoms with Gasteiger partial charge in [0.15, 0.2) is 0 Å². The number of amides is 1. The van der Waals surface area contributed by atoms with Crippen LogP contribution in [-0.4, -0.2) is 47.1 Å². The SMILES string of the molecule is O=C(CCc1nc2ccccc2[nH]c1=O)N1CCOCC1. The molecule has 0 atom stereocenters. The van der Waals surface area contributed by atoms with Gasteiger partial charge in [-0.2, -0.15) is 0 Å². The van der Waals surface area contributed by atoms with Gasteiger partial charge in [-0.1, -0.05) is 12.1 Å². The second-order valence-electron chi connectivity index (χ2n) is 5.02. The molecule has 110 valence electrons. The Kier molecular flexibility index (Phi) is 3.96. The first kappa shape index (κ1) is 13.8. The van der Waals surface area contributed by atoms with Gasteiger partial charge in [0.2, 0.25) is 5.91 Å². The number of nitrogens with one attached hydrogen (secondary N) is 1. The number of rotatable bonds is 3. The Hall–Kier alpha value is -2.21. The fourth-order valence-electron chi connectivity index (χ4n) is 2.43. The van der Waals surface area contributed by atoms with Crippen LogP contribution in [0.5, 0.6) is 0 Å². The first-order chi connectivity index (χ1) is 10.2. The van der Waals surface area contributed by atoms with Crippen molar-refractivity contribution in [1.82, 2.24) is 14.9 Å². The molecule has 1 aromatic heterocycles. The van der Waals surface area contributed by atoms with Crippen molar-refractivity contribution < 1.29 is 9.53 Å². The second kappa shape index (κ2) is 6.05. The fourth-order valence-corrected chi connectivity index (χ4v) is 2.43. The summed E-state index contributed by atoms with van der Waals surface area (Å²) in [6.07, 6.45) is 0.658. The number of H-pyrrole nitrogens is 1. The van der Waals surface area contributed by atoms with Crippen molar-refractivity contribution in [3.63, 3.8) is 0 Å². The summed E-state index contributed by atoms with van der Waals surface area (Å²) in [5, 5.41) is 0. The van der Waals surface area contributed by atoms with Crippen LogP contribution in [0, 0.1) is 0 Å². The molecule has 0 radical (unpaired) electrons. The molecule has 6 heteroatoms. The summed E-state index contributed by atoms with van der Waals surface area (Å²) in [6, 6.07) is 7.38. The van der Waals surface area contributed by atoms with Crippen molar-refractivity contribution in [2.75, 3.05) is 26.3 Å². The van der Waals surface area contributed by atoms with Gasteiger partial charge in [-0.3, -0.25) is 9.59 Å². The molecule has 0 aliphatic carbocycles. The Balaban J connectivity index is 1.71. The lowest BCUT2D eigenvalue weighted by molar-refractivity contribution is -0.135. The number of benzene rings is 1. The third-order valence-corrected chi connectivity index (χ3v) is 3.61. The summed E-state index contributed by atoms with van der Waals surface area (Å²) in [4.78, 5) is 33.0. The molecule has 21 heavy (non-hydrogen) atoms. The topological polar surface area (TPSA) is 75.3 Å². The minimum absolute atomic E-state index is 0.0488. The van der Waals surface area contributed by atoms with Gasteiger partial charge in [-0.15, -0.1) is 0 Å². The molecule has 3 rings (SSSR count). The molecule has 2 aromatic rings. The van der Waals surface area contributed by atoms with Crippen LogP contribution >= 0.6 is 0 Å². The minimum atomic E-state index is -0.219. The number of aryl methyl sites for hydroxylation is 1. The summed E-state index contributed by atoms with van der Waals surface area (Å²) in [7, 11) is 0. The molecular formula is C15H17N3O3. The lowest BCUT2D eigenvalue weighted by Gasteiger charge is -2.26. The van der Waals surface area contributed by atoms with E-state index in [1.807, 2.05) is 24.3 Å². The number of morpholine rings is 1. The summed E-state index contributed by atoms with van der Waals surface area (Å²) in [6.45, 7) is 2.42. The highest BCUT2D eigenvalue weighted by Crippen LogP contribution is 2.08. The molecule has 0 unspecified atom stereocenters. The second-order valence-corrected chi connectivity index (χ2v) is 5.02. The molecule has 0 bridgehead atoms. The van der Waals surface area contributed by atoms with Crippen LogP contribution in [0.3, 0.4) is 0 Å². The lowest BCUT2D eigenvalue weighted by Crippen LogP contribution is -2.40. The minimum Gasteiger partial charge on any atom is -0.378 e. The number of carbonyl (C=O) groups is 1. The smallest absolute Gasteiger partial charge is 0.270 e. The maximum Gasteiger partial charge on any atom is 0.270 e. The van der Waals surface area contributed by atoms with E-state index in [1.54, 1.807) is 4.90 Å². The van der Waals surface area contributed by atoms with Gasteiger partial charge in [-0.25, -0.2) is 4.98 Å². The monoisotopic (exact) mass is 287 g/mol. The molecule has 1 aliphatic heterocycles. The quantitative estimate of drug-likeness (QED) is 0.902. The fraction of sp³-hybridized carbons (Fsp3) is 0.400. The Morgan fingerprint density at radius 1 is 1.29 bits per heavy atom. The number of nitrogens with zero attached hydrogens (tertiary/aromatic N) is 2. The maximum atomic E-state index is 12.1. The van der Waals surface area contributed by atoms with Crippen LogP contribution in [0.15, 0.2) is 29.1 Å². The van der Waals surface area contributed by atoms with Crippen LogP contribution in [0.25, 0.3) is 11.0 Å². The van der Waals surface area contributed by atoms with Crippen LogP contribution in [0.1, 0.15) is 12.1 Å². The van der Waals surface area contributed by atoms with E-state index in [4.69, 9.17) is 4.74 Å². The van der Waals surface area contributed by atoms with Crippen molar-refractivity contribution in [2.24, 2.45) is 0 Å². The molecule has 1 fully saturated rings. The standard InChI is InChI=1S/C15H17N3O3/c19-14(18-7-9-21-10-8-18)6-5-13-15(20)17-12-4-2-1-3-11(12)16-13/h1-4H,5-10H2,(H,17,20). The predicted octanol–water partition coefficient (Wildman–Crippen LogP) is 0.714. The number of aromatic nitrogens is 2. The van der Waals surface area contributed by atoms with Crippen molar-refractivity contribution >= 4 is 16.9 Å². The lowest BCUT2D eigenvalue weighted by atomic mass is 10.2. The molecule has 0 spiro atoms. The molecule has 1 N–H and O–H groups in total. The van der Waals surface area contributed by atoms with E-state index in [9.17, 15) is 9.59 Å². The van der Waals surface area contributed by atoms with Crippen LogP contribution < -0.4 is 5.56 Å². The maximum absolute atomic E-state index is 12.1. The van der Waals surface area contributed by atoms with Gasteiger partial charge >= 0.3 is 0 Å². The van der Waals surface area contributed by atoms with Gasteiger partial charge in [0.25, 0.3) is 5.56 Å². The van der Waals surface area contributed by atoms with Crippen molar-refractivity contribution in [3.05, 3.63) is 40.3 Å². The van der Waals surface area contributed by atoms with E-state index in [0.29, 0.717) is 50.4 Å². The zero-order valence-electron chi connectivity index (χ0n) is 11.7. The number of hydrogen-bond donors (Lipinski definition) is 1. The Labute approximate surface area is 121 Å². The third-order valence-electron chi connectivity index (χ3n) is 3.61. The van der Waals surface area contributed by atoms with Crippen molar-refractivity contribution in [1.29, 1.82) is 0 Å². The molecule has 1 aromatic carbocycles. The molecule has 2 heterocycles. The van der Waals surface area contributed by atoms with Gasteiger partial charge in [-0.05, 0) is 12.1 Å². The van der Waals surface area contributed by atoms with Crippen LogP contribution in [0.4, 0.5) is 0 Å². The molecule has 0 saturated carbocycles. The van der Waals surface area contributed by atoms with Crippen LogP contribution in [-0.2, 0) is 16.0 Å². The van der Waals surface area contributed by atoms with Gasteiger partial charge in [0.1, 0.15) is 5.69 Å². The number of aromatic amines is 1. The third kappa shape index (κ3) is 3.11. The van der Waals surface area contributed by atoms with E-state index < -0.39 is 0 Å². The van der Waals surface area contributed by atoms with E-state index in [-0.39, 0.29) is 11.5 Å². The highest BCUT2D eigenvalue weighted by atomic mass is 16.5. The number of carbonyl (C=O) groups excluding carboxylic acids is 1. The van der Waals surface area contributed by atoms with E-state index >= 15 is 0 Å². The average molecular weight is 287 g/mol. The molecule has 6 nitrogen and oxygen atoms in total. The number of fused-ring (bicyclic) bond motifs is 1. The zero-order valence-corrected chi connectivity index (χ0v) is 11.7. The molecular weight excluding hydrogens is 270 g/mol.